The van der Waals surface area contributed by atoms with Crippen molar-refractivity contribution in [1.29, 1.82) is 0 Å². The van der Waals surface area contributed by atoms with E-state index in [0.29, 0.717) is 5.69 Å². The summed E-state index contributed by atoms with van der Waals surface area (Å²) in [5, 5.41) is 4.88. The van der Waals surface area contributed by atoms with Crippen molar-refractivity contribution < 1.29 is 0 Å². The van der Waals surface area contributed by atoms with Gasteiger partial charge >= 0.3 is 0 Å². The fraction of sp³-hybridized carbons (Fsp3) is 0.100. The number of aromatic nitrogens is 1. The summed E-state index contributed by atoms with van der Waals surface area (Å²) in [6.45, 7) is 1.86. The van der Waals surface area contributed by atoms with Crippen molar-refractivity contribution in [3.05, 3.63) is 40.2 Å². The number of hydrogen-bond acceptors (Lipinski definition) is 4. The Kier molecular flexibility index (Phi) is 2.37. The first kappa shape index (κ1) is 9.02. The highest BCUT2D eigenvalue weighted by Crippen LogP contribution is 2.26. The largest absolute Gasteiger partial charge is 0.253 e. The lowest BCUT2D eigenvalue weighted by Gasteiger charge is -1.99. The minimum absolute atomic E-state index is 0.408. The molecule has 2 heterocycles. The van der Waals surface area contributed by atoms with Gasteiger partial charge < -0.3 is 0 Å². The molecular formula is C10H8N2OS. The topological polar surface area (TPSA) is 42.3 Å². The lowest BCUT2D eigenvalue weighted by Crippen LogP contribution is -1.82. The number of nitroso groups, excluding NO2 is 1. The minimum atomic E-state index is 0.408. The summed E-state index contributed by atoms with van der Waals surface area (Å²) in [7, 11) is 0. The molecule has 0 aliphatic heterocycles. The van der Waals surface area contributed by atoms with E-state index in [0.717, 1.165) is 16.1 Å². The lowest BCUT2D eigenvalue weighted by molar-refractivity contribution is 1.26. The summed E-state index contributed by atoms with van der Waals surface area (Å²) >= 11 is 1.63. The van der Waals surface area contributed by atoms with Crippen LogP contribution in [0.25, 0.3) is 10.6 Å². The van der Waals surface area contributed by atoms with Crippen LogP contribution in [0.2, 0.25) is 0 Å². The van der Waals surface area contributed by atoms with Gasteiger partial charge in [0.05, 0.1) is 16.8 Å². The quantitative estimate of drug-likeness (QED) is 0.702. The zero-order valence-corrected chi connectivity index (χ0v) is 8.41. The highest BCUT2D eigenvalue weighted by Gasteiger charge is 2.04. The zero-order valence-electron chi connectivity index (χ0n) is 7.60. The maximum absolute atomic E-state index is 10.3. The standard InChI is InChI=1S/C10H8N2OS/c1-7-5-8(10-3-2-4-14-10)11-6-9(7)12-13/h2-6H,1H3. The number of pyridine rings is 1. The molecule has 0 radical (unpaired) electrons. The van der Waals surface area contributed by atoms with Crippen molar-refractivity contribution in [3.63, 3.8) is 0 Å². The van der Waals surface area contributed by atoms with Gasteiger partial charge in [0.25, 0.3) is 0 Å². The molecule has 0 saturated carbocycles. The molecule has 4 heteroatoms. The Balaban J connectivity index is 2.48. The number of aryl methyl sites for hydroxylation is 1. The molecule has 0 aliphatic rings. The van der Waals surface area contributed by atoms with Crippen LogP contribution >= 0.6 is 11.3 Å². The molecule has 0 spiro atoms. The molecule has 0 amide bonds. The van der Waals surface area contributed by atoms with Crippen LogP contribution in [0.15, 0.2) is 35.0 Å². The van der Waals surface area contributed by atoms with E-state index in [4.69, 9.17) is 0 Å². The van der Waals surface area contributed by atoms with Gasteiger partial charge in [-0.2, -0.15) is 0 Å². The van der Waals surface area contributed by atoms with Crippen molar-refractivity contribution in [2.75, 3.05) is 0 Å². The second kappa shape index (κ2) is 3.67. The molecule has 0 aliphatic carbocycles. The Morgan fingerprint density at radius 3 is 2.93 bits per heavy atom. The molecule has 0 aromatic carbocycles. The molecular weight excluding hydrogens is 196 g/mol. The lowest BCUT2D eigenvalue weighted by atomic mass is 10.2. The van der Waals surface area contributed by atoms with Crippen molar-refractivity contribution in [2.45, 2.75) is 6.92 Å². The normalized spacial score (nSPS) is 10.1. The highest BCUT2D eigenvalue weighted by atomic mass is 32.1. The zero-order chi connectivity index (χ0) is 9.97. The molecule has 0 fully saturated rings. The Morgan fingerprint density at radius 1 is 1.50 bits per heavy atom. The van der Waals surface area contributed by atoms with Crippen molar-refractivity contribution in [2.24, 2.45) is 5.18 Å². The van der Waals surface area contributed by atoms with Gasteiger partial charge in [-0.05, 0) is 35.2 Å². The van der Waals surface area contributed by atoms with E-state index in [-0.39, 0.29) is 0 Å². The maximum atomic E-state index is 10.3. The van der Waals surface area contributed by atoms with E-state index in [1.807, 2.05) is 30.5 Å². The predicted octanol–water partition coefficient (Wildman–Crippen LogP) is 3.52. The van der Waals surface area contributed by atoms with Crippen LogP contribution < -0.4 is 0 Å². The SMILES string of the molecule is Cc1cc(-c2cccs2)ncc1N=O. The molecule has 70 valence electrons. The van der Waals surface area contributed by atoms with Gasteiger partial charge in [-0.1, -0.05) is 6.07 Å². The Morgan fingerprint density at radius 2 is 2.36 bits per heavy atom. The smallest absolute Gasteiger partial charge is 0.129 e. The van der Waals surface area contributed by atoms with E-state index >= 15 is 0 Å². The first-order chi connectivity index (χ1) is 6.81. The number of nitrogens with zero attached hydrogens (tertiary/aromatic N) is 2. The first-order valence-electron chi connectivity index (χ1n) is 4.15. The fourth-order valence-corrected chi connectivity index (χ4v) is 1.90. The third-order valence-corrected chi connectivity index (χ3v) is 2.85. The van der Waals surface area contributed by atoms with Crippen LogP contribution in [0, 0.1) is 11.8 Å². The van der Waals surface area contributed by atoms with Crippen molar-refractivity contribution in [1.82, 2.24) is 4.98 Å². The van der Waals surface area contributed by atoms with Gasteiger partial charge in [0.2, 0.25) is 0 Å². The maximum Gasteiger partial charge on any atom is 0.129 e. The van der Waals surface area contributed by atoms with Gasteiger partial charge in [-0.25, -0.2) is 0 Å². The van der Waals surface area contributed by atoms with Crippen LogP contribution in [0.4, 0.5) is 5.69 Å². The summed E-state index contributed by atoms with van der Waals surface area (Å²) in [4.78, 5) is 15.6. The molecule has 3 nitrogen and oxygen atoms in total. The van der Waals surface area contributed by atoms with Gasteiger partial charge in [-0.15, -0.1) is 16.2 Å². The van der Waals surface area contributed by atoms with Crippen LogP contribution in [-0.4, -0.2) is 4.98 Å². The molecule has 2 aromatic heterocycles. The first-order valence-corrected chi connectivity index (χ1v) is 5.03. The summed E-state index contributed by atoms with van der Waals surface area (Å²) in [6.07, 6.45) is 1.51. The fourth-order valence-electron chi connectivity index (χ4n) is 1.20. The number of rotatable bonds is 2. The average Bonchev–Trinajstić information content (AvgIpc) is 2.70. The van der Waals surface area contributed by atoms with E-state index in [1.165, 1.54) is 6.20 Å². The second-order valence-corrected chi connectivity index (χ2v) is 3.87. The summed E-state index contributed by atoms with van der Waals surface area (Å²) in [6, 6.07) is 5.85. The van der Waals surface area contributed by atoms with Crippen LogP contribution in [0.5, 0.6) is 0 Å². The molecule has 0 atom stereocenters. The molecule has 14 heavy (non-hydrogen) atoms. The molecule has 0 unspecified atom stereocenters. The van der Waals surface area contributed by atoms with E-state index < -0.39 is 0 Å². The Bertz CT molecular complexity index is 451. The van der Waals surface area contributed by atoms with Gasteiger partial charge in [0, 0.05) is 0 Å². The predicted molar refractivity (Wildman–Crippen MR) is 57.7 cm³/mol. The molecule has 0 bridgehead atoms. The minimum Gasteiger partial charge on any atom is -0.253 e. The molecule has 0 N–H and O–H groups in total. The van der Waals surface area contributed by atoms with Gasteiger partial charge in [-0.3, -0.25) is 4.98 Å². The van der Waals surface area contributed by atoms with Crippen LogP contribution in [0.1, 0.15) is 5.56 Å². The highest BCUT2D eigenvalue weighted by molar-refractivity contribution is 7.13. The Labute approximate surface area is 85.4 Å². The van der Waals surface area contributed by atoms with Crippen molar-refractivity contribution in [3.8, 4) is 10.6 Å². The van der Waals surface area contributed by atoms with Crippen LogP contribution in [-0.2, 0) is 0 Å². The monoisotopic (exact) mass is 204 g/mol. The number of thiophene rings is 1. The van der Waals surface area contributed by atoms with E-state index in [9.17, 15) is 4.91 Å². The average molecular weight is 204 g/mol. The van der Waals surface area contributed by atoms with Crippen LogP contribution in [0.3, 0.4) is 0 Å². The van der Waals surface area contributed by atoms with Crippen molar-refractivity contribution >= 4 is 17.0 Å². The third-order valence-electron chi connectivity index (χ3n) is 1.96. The molecule has 2 rings (SSSR count). The summed E-state index contributed by atoms with van der Waals surface area (Å²) < 4.78 is 0. The number of hydrogen-bond donors (Lipinski definition) is 0. The molecule has 0 saturated heterocycles. The molecule has 2 aromatic rings. The third kappa shape index (κ3) is 1.56. The van der Waals surface area contributed by atoms with E-state index in [2.05, 4.69) is 10.2 Å². The van der Waals surface area contributed by atoms with Gasteiger partial charge in [0.1, 0.15) is 5.69 Å². The summed E-state index contributed by atoms with van der Waals surface area (Å²) in [5.74, 6) is 0. The van der Waals surface area contributed by atoms with E-state index in [1.54, 1.807) is 11.3 Å². The Hall–Kier alpha value is -1.55. The second-order valence-electron chi connectivity index (χ2n) is 2.92. The van der Waals surface area contributed by atoms with Gasteiger partial charge in [0.15, 0.2) is 0 Å². The summed E-state index contributed by atoms with van der Waals surface area (Å²) in [5.41, 5.74) is 2.16.